The second kappa shape index (κ2) is 2.88. The highest BCUT2D eigenvalue weighted by atomic mass is 16.3. The van der Waals surface area contributed by atoms with Gasteiger partial charge in [-0.05, 0) is 31.3 Å². The smallest absolute Gasteiger partial charge is 0.103 e. The zero-order chi connectivity index (χ0) is 5.82. The molecule has 1 aliphatic rings. The van der Waals surface area contributed by atoms with Crippen molar-refractivity contribution in [2.45, 2.75) is 25.7 Å². The quantitative estimate of drug-likeness (QED) is 0.461. The van der Waals surface area contributed by atoms with E-state index in [-0.39, 0.29) is 6.61 Å². The van der Waals surface area contributed by atoms with Crippen LogP contribution < -0.4 is 0 Å². The average molecular weight is 111 g/mol. The van der Waals surface area contributed by atoms with Gasteiger partial charge in [0.15, 0.2) is 0 Å². The second-order valence-corrected chi connectivity index (χ2v) is 2.25. The molecule has 0 atom stereocenters. The molecule has 0 saturated heterocycles. The van der Waals surface area contributed by atoms with Crippen LogP contribution in [0.3, 0.4) is 0 Å². The van der Waals surface area contributed by atoms with E-state index in [0.717, 1.165) is 18.4 Å². The van der Waals surface area contributed by atoms with Crippen LogP contribution in [-0.2, 0) is 5.11 Å². The van der Waals surface area contributed by atoms with Crippen LogP contribution in [0.15, 0.2) is 11.6 Å². The van der Waals surface area contributed by atoms with Crippen LogP contribution >= 0.6 is 0 Å². The Bertz CT molecular complexity index is 94.6. The third-order valence-corrected chi connectivity index (χ3v) is 1.57. The van der Waals surface area contributed by atoms with Gasteiger partial charge < -0.3 is 0 Å². The molecule has 0 heterocycles. The molecule has 0 bridgehead atoms. The molecule has 1 rings (SSSR count). The third kappa shape index (κ3) is 1.34. The van der Waals surface area contributed by atoms with Crippen molar-refractivity contribution in [3.05, 3.63) is 11.6 Å². The Labute approximate surface area is 50.0 Å². The first-order valence-electron chi connectivity index (χ1n) is 3.19. The lowest BCUT2D eigenvalue weighted by Crippen LogP contribution is -1.94. The molecule has 0 aromatic rings. The average Bonchev–Trinajstić information content (AvgIpc) is 1.90. The van der Waals surface area contributed by atoms with E-state index in [2.05, 4.69) is 6.08 Å². The molecule has 1 heteroatoms. The monoisotopic (exact) mass is 111 g/mol. The molecule has 1 aliphatic carbocycles. The van der Waals surface area contributed by atoms with E-state index < -0.39 is 0 Å². The molecule has 0 spiro atoms. The summed E-state index contributed by atoms with van der Waals surface area (Å²) in [4.78, 5) is 0. The van der Waals surface area contributed by atoms with Crippen LogP contribution in [0.4, 0.5) is 0 Å². The van der Waals surface area contributed by atoms with Crippen molar-refractivity contribution in [1.29, 1.82) is 0 Å². The number of rotatable bonds is 1. The van der Waals surface area contributed by atoms with Crippen molar-refractivity contribution in [3.8, 4) is 0 Å². The highest BCUT2D eigenvalue weighted by Gasteiger charge is 2.00. The molecular weight excluding hydrogens is 100 g/mol. The van der Waals surface area contributed by atoms with E-state index in [1.165, 1.54) is 12.8 Å². The summed E-state index contributed by atoms with van der Waals surface area (Å²) in [5.41, 5.74) is 1.12. The van der Waals surface area contributed by atoms with Gasteiger partial charge in [-0.15, -0.1) is 0 Å². The van der Waals surface area contributed by atoms with Crippen LogP contribution in [0.5, 0.6) is 0 Å². The summed E-state index contributed by atoms with van der Waals surface area (Å²) >= 11 is 0. The summed E-state index contributed by atoms with van der Waals surface area (Å²) in [7, 11) is 0. The standard InChI is InChI=1S/C7H11O/c8-6-7-4-2-1-3-5-7/h4H,1-3,5-6H2. The van der Waals surface area contributed by atoms with Gasteiger partial charge in [0.05, 0.1) is 0 Å². The minimum atomic E-state index is 0.0278. The van der Waals surface area contributed by atoms with Crippen molar-refractivity contribution in [3.63, 3.8) is 0 Å². The first-order valence-corrected chi connectivity index (χ1v) is 3.19. The van der Waals surface area contributed by atoms with Gasteiger partial charge in [-0.1, -0.05) is 6.08 Å². The first kappa shape index (κ1) is 5.83. The van der Waals surface area contributed by atoms with Crippen LogP contribution in [0.2, 0.25) is 0 Å². The molecule has 0 aromatic carbocycles. The zero-order valence-corrected chi connectivity index (χ0v) is 5.02. The highest BCUT2D eigenvalue weighted by Crippen LogP contribution is 2.15. The molecule has 0 saturated carbocycles. The first-order chi connectivity index (χ1) is 3.93. The summed E-state index contributed by atoms with van der Waals surface area (Å²) in [6.45, 7) is 0.0278. The van der Waals surface area contributed by atoms with Gasteiger partial charge in [0.25, 0.3) is 0 Å². The fraction of sp³-hybridized carbons (Fsp3) is 0.714. The van der Waals surface area contributed by atoms with Crippen molar-refractivity contribution in [1.82, 2.24) is 0 Å². The molecule has 45 valence electrons. The summed E-state index contributed by atoms with van der Waals surface area (Å²) in [6.07, 6.45) is 6.80. The predicted molar refractivity (Wildman–Crippen MR) is 32.1 cm³/mol. The van der Waals surface area contributed by atoms with Crippen LogP contribution in [-0.4, -0.2) is 6.61 Å². The Balaban J connectivity index is 2.37. The number of allylic oxidation sites excluding steroid dienone is 1. The largest absolute Gasteiger partial charge is 0.232 e. The Morgan fingerprint density at radius 2 is 2.38 bits per heavy atom. The van der Waals surface area contributed by atoms with Gasteiger partial charge >= 0.3 is 0 Å². The highest BCUT2D eigenvalue weighted by molar-refractivity contribution is 5.04. The van der Waals surface area contributed by atoms with Gasteiger partial charge in [-0.3, -0.25) is 0 Å². The SMILES string of the molecule is [O]CC1=CCCCC1. The van der Waals surface area contributed by atoms with Crippen molar-refractivity contribution < 1.29 is 5.11 Å². The topological polar surface area (TPSA) is 19.9 Å². The molecule has 1 radical (unpaired) electrons. The summed E-state index contributed by atoms with van der Waals surface area (Å²) in [5.74, 6) is 0. The summed E-state index contributed by atoms with van der Waals surface area (Å²) in [6, 6.07) is 0. The minimum absolute atomic E-state index is 0.0278. The van der Waals surface area contributed by atoms with E-state index in [9.17, 15) is 5.11 Å². The maximum atomic E-state index is 10.2. The number of hydrogen-bond donors (Lipinski definition) is 0. The lowest BCUT2D eigenvalue weighted by atomic mass is 10.0. The molecule has 0 unspecified atom stereocenters. The molecule has 8 heavy (non-hydrogen) atoms. The number of hydrogen-bond acceptors (Lipinski definition) is 0. The maximum Gasteiger partial charge on any atom is 0.103 e. The zero-order valence-electron chi connectivity index (χ0n) is 5.02. The molecule has 0 N–H and O–H groups in total. The molecule has 0 fully saturated rings. The van der Waals surface area contributed by atoms with E-state index in [4.69, 9.17) is 0 Å². The molecule has 0 aliphatic heterocycles. The van der Waals surface area contributed by atoms with E-state index in [0.29, 0.717) is 0 Å². The fourth-order valence-corrected chi connectivity index (χ4v) is 1.04. The van der Waals surface area contributed by atoms with Crippen molar-refractivity contribution >= 4 is 0 Å². The predicted octanol–water partition coefficient (Wildman–Crippen LogP) is 1.92. The third-order valence-electron chi connectivity index (χ3n) is 1.57. The second-order valence-electron chi connectivity index (χ2n) is 2.25. The molecule has 0 aromatic heterocycles. The van der Waals surface area contributed by atoms with E-state index in [1.54, 1.807) is 0 Å². The Morgan fingerprint density at radius 3 is 2.75 bits per heavy atom. The van der Waals surface area contributed by atoms with E-state index in [1.807, 2.05) is 0 Å². The Hall–Kier alpha value is -0.300. The van der Waals surface area contributed by atoms with Crippen LogP contribution in [0.25, 0.3) is 0 Å². The van der Waals surface area contributed by atoms with Crippen molar-refractivity contribution in [2.24, 2.45) is 0 Å². The van der Waals surface area contributed by atoms with Gasteiger partial charge in [-0.2, -0.15) is 0 Å². The molecule has 1 nitrogen and oxygen atoms in total. The van der Waals surface area contributed by atoms with Gasteiger partial charge in [0.1, 0.15) is 6.61 Å². The Morgan fingerprint density at radius 1 is 1.50 bits per heavy atom. The van der Waals surface area contributed by atoms with Crippen molar-refractivity contribution in [2.75, 3.05) is 6.61 Å². The van der Waals surface area contributed by atoms with Crippen LogP contribution in [0, 0.1) is 0 Å². The lowest BCUT2D eigenvalue weighted by molar-refractivity contribution is 0.218. The maximum absolute atomic E-state index is 10.2. The molecular formula is C7H11O. The Kier molecular flexibility index (Phi) is 2.10. The molecule has 0 amide bonds. The fourth-order valence-electron chi connectivity index (χ4n) is 1.04. The normalized spacial score (nSPS) is 20.4. The minimum Gasteiger partial charge on any atom is -0.232 e. The van der Waals surface area contributed by atoms with E-state index >= 15 is 0 Å². The van der Waals surface area contributed by atoms with Crippen LogP contribution in [0.1, 0.15) is 25.7 Å². The summed E-state index contributed by atoms with van der Waals surface area (Å²) < 4.78 is 0. The summed E-state index contributed by atoms with van der Waals surface area (Å²) in [5, 5.41) is 10.2. The van der Waals surface area contributed by atoms with Gasteiger partial charge in [-0.25, -0.2) is 5.11 Å². The van der Waals surface area contributed by atoms with Gasteiger partial charge in [0.2, 0.25) is 0 Å². The van der Waals surface area contributed by atoms with Gasteiger partial charge in [0, 0.05) is 0 Å². The lowest BCUT2D eigenvalue weighted by Gasteiger charge is -2.07.